The van der Waals surface area contributed by atoms with Crippen LogP contribution < -0.4 is 10.6 Å². The molecule has 25 heavy (non-hydrogen) atoms. The van der Waals surface area contributed by atoms with E-state index in [1.165, 1.54) is 0 Å². The van der Waals surface area contributed by atoms with Crippen molar-refractivity contribution < 1.29 is 9.59 Å². The van der Waals surface area contributed by atoms with Gasteiger partial charge in [-0.1, -0.05) is 30.3 Å². The molecule has 5 heteroatoms. The van der Waals surface area contributed by atoms with Gasteiger partial charge in [0.2, 0.25) is 11.8 Å². The lowest BCUT2D eigenvalue weighted by atomic mass is 10.0. The number of nitrogens with one attached hydrogen (secondary N) is 2. The number of anilines is 1. The van der Waals surface area contributed by atoms with Gasteiger partial charge in [0, 0.05) is 5.69 Å². The fraction of sp³-hybridized carbons (Fsp3) is 0.250. The van der Waals surface area contributed by atoms with Gasteiger partial charge in [-0.3, -0.25) is 9.59 Å². The molecule has 0 radical (unpaired) electrons. The normalized spacial score (nSPS) is 15.5. The molecule has 2 amide bonds. The molecule has 2 aromatic rings. The topological polar surface area (TPSA) is 82.0 Å². The van der Waals surface area contributed by atoms with E-state index in [-0.39, 0.29) is 17.9 Å². The number of hydrogen-bond donors (Lipinski definition) is 2. The van der Waals surface area contributed by atoms with E-state index in [2.05, 4.69) is 10.6 Å². The van der Waals surface area contributed by atoms with E-state index < -0.39 is 5.41 Å². The summed E-state index contributed by atoms with van der Waals surface area (Å²) in [4.78, 5) is 25.2. The number of nitrogens with zero attached hydrogens (tertiary/aromatic N) is 1. The van der Waals surface area contributed by atoms with Crippen LogP contribution in [0, 0.1) is 16.7 Å². The van der Waals surface area contributed by atoms with Gasteiger partial charge in [0.05, 0.1) is 17.7 Å². The number of hydrogen-bond acceptors (Lipinski definition) is 3. The summed E-state index contributed by atoms with van der Waals surface area (Å²) in [6.07, 6.45) is 1.09. The smallest absolute Gasteiger partial charge is 0.240 e. The lowest BCUT2D eigenvalue weighted by Crippen LogP contribution is -2.41. The molecule has 0 heterocycles. The maximum Gasteiger partial charge on any atom is 0.240 e. The Kier molecular flexibility index (Phi) is 4.53. The van der Waals surface area contributed by atoms with Crippen LogP contribution in [0.5, 0.6) is 0 Å². The van der Waals surface area contributed by atoms with Crippen molar-refractivity contribution in [3.8, 4) is 6.07 Å². The Labute approximate surface area is 146 Å². The second-order valence-electron chi connectivity index (χ2n) is 6.33. The van der Waals surface area contributed by atoms with Crippen molar-refractivity contribution >= 4 is 17.5 Å². The summed E-state index contributed by atoms with van der Waals surface area (Å²) in [5.74, 6) is -0.537. The molecule has 1 fully saturated rings. The van der Waals surface area contributed by atoms with Crippen molar-refractivity contribution in [2.24, 2.45) is 5.41 Å². The second kappa shape index (κ2) is 6.78. The molecule has 5 nitrogen and oxygen atoms in total. The Morgan fingerprint density at radius 2 is 1.68 bits per heavy atom. The van der Waals surface area contributed by atoms with Crippen molar-refractivity contribution in [3.63, 3.8) is 0 Å². The van der Waals surface area contributed by atoms with Gasteiger partial charge in [-0.05, 0) is 49.6 Å². The fourth-order valence-electron chi connectivity index (χ4n) is 2.72. The first-order valence-electron chi connectivity index (χ1n) is 8.23. The minimum absolute atomic E-state index is 0.158. The number of rotatable bonds is 5. The Hall–Kier alpha value is -3.13. The first kappa shape index (κ1) is 16.7. The van der Waals surface area contributed by atoms with Gasteiger partial charge in [-0.15, -0.1) is 0 Å². The Bertz CT molecular complexity index is 818. The molecule has 0 bridgehead atoms. The molecule has 0 aromatic heterocycles. The molecule has 0 aliphatic heterocycles. The lowest BCUT2D eigenvalue weighted by molar-refractivity contribution is -0.134. The molecular weight excluding hydrogens is 314 g/mol. The van der Waals surface area contributed by atoms with Crippen LogP contribution in [-0.4, -0.2) is 11.8 Å². The number of amides is 2. The van der Waals surface area contributed by atoms with E-state index in [9.17, 15) is 9.59 Å². The van der Waals surface area contributed by atoms with Gasteiger partial charge in [0.15, 0.2) is 0 Å². The van der Waals surface area contributed by atoms with Crippen LogP contribution in [0.3, 0.4) is 0 Å². The molecule has 2 aromatic carbocycles. The molecule has 126 valence electrons. The van der Waals surface area contributed by atoms with E-state index in [0.29, 0.717) is 24.1 Å². The highest BCUT2D eigenvalue weighted by Crippen LogP contribution is 2.47. The van der Waals surface area contributed by atoms with Crippen LogP contribution in [0.4, 0.5) is 5.69 Å². The van der Waals surface area contributed by atoms with Gasteiger partial charge >= 0.3 is 0 Å². The Morgan fingerprint density at radius 3 is 2.24 bits per heavy atom. The van der Waals surface area contributed by atoms with Gasteiger partial charge in [0.1, 0.15) is 5.41 Å². The van der Waals surface area contributed by atoms with E-state index in [0.717, 1.165) is 5.56 Å². The van der Waals surface area contributed by atoms with Gasteiger partial charge in [0.25, 0.3) is 0 Å². The predicted molar refractivity (Wildman–Crippen MR) is 94.5 cm³/mol. The van der Waals surface area contributed by atoms with Crippen LogP contribution in [0.15, 0.2) is 54.6 Å². The third kappa shape index (κ3) is 3.53. The molecule has 2 N–H and O–H groups in total. The van der Waals surface area contributed by atoms with Crippen molar-refractivity contribution in [1.82, 2.24) is 5.32 Å². The van der Waals surface area contributed by atoms with Crippen molar-refractivity contribution in [2.75, 3.05) is 5.32 Å². The number of carbonyl (C=O) groups is 2. The first-order valence-corrected chi connectivity index (χ1v) is 8.23. The van der Waals surface area contributed by atoms with E-state index in [1.807, 2.05) is 43.3 Å². The Morgan fingerprint density at radius 1 is 1.04 bits per heavy atom. The average molecular weight is 333 g/mol. The summed E-state index contributed by atoms with van der Waals surface area (Å²) < 4.78 is 0. The molecule has 0 saturated heterocycles. The molecule has 1 unspecified atom stereocenters. The van der Waals surface area contributed by atoms with Crippen LogP contribution in [-0.2, 0) is 9.59 Å². The summed E-state index contributed by atoms with van der Waals surface area (Å²) in [7, 11) is 0. The maximum atomic E-state index is 12.6. The summed E-state index contributed by atoms with van der Waals surface area (Å²) in [6, 6.07) is 18.1. The van der Waals surface area contributed by atoms with Crippen molar-refractivity contribution in [1.29, 1.82) is 5.26 Å². The Balaban J connectivity index is 1.65. The van der Waals surface area contributed by atoms with E-state index in [1.54, 1.807) is 24.3 Å². The van der Waals surface area contributed by atoms with E-state index in [4.69, 9.17) is 5.26 Å². The number of benzene rings is 2. The zero-order chi connectivity index (χ0) is 17.9. The third-order valence-electron chi connectivity index (χ3n) is 4.54. The minimum Gasteiger partial charge on any atom is -0.349 e. The quantitative estimate of drug-likeness (QED) is 0.825. The summed E-state index contributed by atoms with van der Waals surface area (Å²) in [6.45, 7) is 1.90. The fourth-order valence-corrected chi connectivity index (χ4v) is 2.72. The molecule has 3 rings (SSSR count). The van der Waals surface area contributed by atoms with Gasteiger partial charge in [-0.2, -0.15) is 5.26 Å². The van der Waals surface area contributed by atoms with Crippen LogP contribution >= 0.6 is 0 Å². The molecule has 1 aliphatic rings. The van der Waals surface area contributed by atoms with E-state index >= 15 is 0 Å². The van der Waals surface area contributed by atoms with Crippen molar-refractivity contribution in [2.45, 2.75) is 25.8 Å². The molecule has 1 atom stereocenters. The summed E-state index contributed by atoms with van der Waals surface area (Å²) in [5, 5.41) is 14.5. The average Bonchev–Trinajstić information content (AvgIpc) is 3.45. The molecule has 1 saturated carbocycles. The summed E-state index contributed by atoms with van der Waals surface area (Å²) >= 11 is 0. The molecular formula is C20H19N3O2. The van der Waals surface area contributed by atoms with Crippen LogP contribution in [0.25, 0.3) is 0 Å². The lowest BCUT2D eigenvalue weighted by Gasteiger charge is -2.19. The highest BCUT2D eigenvalue weighted by atomic mass is 16.2. The molecule has 0 spiro atoms. The highest BCUT2D eigenvalue weighted by molar-refractivity contribution is 6.13. The predicted octanol–water partition coefficient (Wildman–Crippen LogP) is 3.15. The minimum atomic E-state index is -0.989. The SMILES string of the molecule is CC(NC(=O)C1(C(=O)Nc2ccc(C#N)cc2)CC1)c1ccccc1. The maximum absolute atomic E-state index is 12.6. The van der Waals surface area contributed by atoms with Crippen molar-refractivity contribution in [3.05, 3.63) is 65.7 Å². The first-order chi connectivity index (χ1) is 12.0. The second-order valence-corrected chi connectivity index (χ2v) is 6.33. The zero-order valence-corrected chi connectivity index (χ0v) is 14.0. The highest BCUT2D eigenvalue weighted by Gasteiger charge is 2.56. The zero-order valence-electron chi connectivity index (χ0n) is 14.0. The monoisotopic (exact) mass is 333 g/mol. The van der Waals surface area contributed by atoms with Crippen LogP contribution in [0.2, 0.25) is 0 Å². The van der Waals surface area contributed by atoms with Gasteiger partial charge < -0.3 is 10.6 Å². The van der Waals surface area contributed by atoms with Gasteiger partial charge in [-0.25, -0.2) is 0 Å². The third-order valence-corrected chi connectivity index (χ3v) is 4.54. The molecule has 1 aliphatic carbocycles. The van der Waals surface area contributed by atoms with Crippen LogP contribution in [0.1, 0.15) is 36.9 Å². The standard InChI is InChI=1S/C20H19N3O2/c1-14(16-5-3-2-4-6-16)22-18(24)20(11-12-20)19(25)23-17-9-7-15(13-21)8-10-17/h2-10,14H,11-12H2,1H3,(H,22,24)(H,23,25). The number of carbonyl (C=O) groups excluding carboxylic acids is 2. The summed E-state index contributed by atoms with van der Waals surface area (Å²) in [5.41, 5.74) is 1.11. The largest absolute Gasteiger partial charge is 0.349 e. The number of nitriles is 1.